The molecular weight excluding hydrogens is 114 g/mol. The van der Waals surface area contributed by atoms with E-state index in [-0.39, 0.29) is 0 Å². The zero-order valence-corrected chi connectivity index (χ0v) is 6.42. The first-order valence-electron chi connectivity index (χ1n) is 3.52. The van der Waals surface area contributed by atoms with E-state index < -0.39 is 0 Å². The molecule has 0 aromatic carbocycles. The summed E-state index contributed by atoms with van der Waals surface area (Å²) in [5.74, 6) is 0. The highest BCUT2D eigenvalue weighted by molar-refractivity contribution is 4.69. The molecule has 54 valence electrons. The second kappa shape index (κ2) is 2.67. The summed E-state index contributed by atoms with van der Waals surface area (Å²) in [6.07, 6.45) is 0.831. The number of rotatable bonds is 0. The van der Waals surface area contributed by atoms with Crippen LogP contribution in [0.15, 0.2) is 0 Å². The summed E-state index contributed by atoms with van der Waals surface area (Å²) in [5, 5.41) is 0. The zero-order chi connectivity index (χ0) is 6.85. The van der Waals surface area contributed by atoms with Gasteiger partial charge < -0.3 is 9.64 Å². The summed E-state index contributed by atoms with van der Waals surface area (Å²) in [4.78, 5) is 2.30. The highest BCUT2D eigenvalue weighted by atomic mass is 16.5. The van der Waals surface area contributed by atoms with Crippen molar-refractivity contribution in [2.75, 3.05) is 20.1 Å². The van der Waals surface area contributed by atoms with Crippen molar-refractivity contribution in [2.45, 2.75) is 26.1 Å². The van der Waals surface area contributed by atoms with Crippen LogP contribution in [0.3, 0.4) is 0 Å². The lowest BCUT2D eigenvalue weighted by atomic mass is 10.2. The maximum absolute atomic E-state index is 5.51. The molecule has 1 saturated heterocycles. The van der Waals surface area contributed by atoms with E-state index in [0.717, 1.165) is 13.1 Å². The van der Waals surface area contributed by atoms with Crippen molar-refractivity contribution in [3.8, 4) is 0 Å². The Kier molecular flexibility index (Phi) is 2.09. The van der Waals surface area contributed by atoms with Crippen molar-refractivity contribution in [3.63, 3.8) is 0 Å². The van der Waals surface area contributed by atoms with Crippen LogP contribution >= 0.6 is 0 Å². The molecule has 2 atom stereocenters. The highest BCUT2D eigenvalue weighted by Crippen LogP contribution is 2.07. The lowest BCUT2D eigenvalue weighted by Gasteiger charge is -2.32. The van der Waals surface area contributed by atoms with Crippen molar-refractivity contribution in [1.29, 1.82) is 0 Å². The van der Waals surface area contributed by atoms with E-state index in [9.17, 15) is 0 Å². The number of ether oxygens (including phenoxy) is 1. The minimum Gasteiger partial charge on any atom is -0.373 e. The Balaban J connectivity index is 2.34. The summed E-state index contributed by atoms with van der Waals surface area (Å²) in [5.41, 5.74) is 0. The molecule has 0 aromatic rings. The molecule has 9 heavy (non-hydrogen) atoms. The molecule has 0 saturated carbocycles. The fourth-order valence-electron chi connectivity index (χ4n) is 1.44. The number of nitrogens with zero attached hydrogens (tertiary/aromatic N) is 1. The van der Waals surface area contributed by atoms with Crippen LogP contribution in [0, 0.1) is 0 Å². The third kappa shape index (κ3) is 1.95. The van der Waals surface area contributed by atoms with E-state index in [1.807, 2.05) is 0 Å². The molecule has 2 nitrogen and oxygen atoms in total. The van der Waals surface area contributed by atoms with Crippen molar-refractivity contribution >= 4 is 0 Å². The fourth-order valence-corrected chi connectivity index (χ4v) is 1.44. The lowest BCUT2D eigenvalue weighted by Crippen LogP contribution is -2.42. The monoisotopic (exact) mass is 129 g/mol. The largest absolute Gasteiger partial charge is 0.373 e. The van der Waals surface area contributed by atoms with Gasteiger partial charge in [-0.2, -0.15) is 0 Å². The first-order chi connectivity index (χ1) is 4.18. The van der Waals surface area contributed by atoms with E-state index in [1.54, 1.807) is 0 Å². The Labute approximate surface area is 56.8 Å². The van der Waals surface area contributed by atoms with Gasteiger partial charge in [-0.05, 0) is 20.9 Å². The van der Waals surface area contributed by atoms with Gasteiger partial charge >= 0.3 is 0 Å². The van der Waals surface area contributed by atoms with Gasteiger partial charge in [-0.1, -0.05) is 0 Å². The molecule has 1 aliphatic heterocycles. The van der Waals surface area contributed by atoms with Gasteiger partial charge in [0.1, 0.15) is 0 Å². The number of hydrogen-bond donors (Lipinski definition) is 0. The number of hydrogen-bond acceptors (Lipinski definition) is 2. The summed E-state index contributed by atoms with van der Waals surface area (Å²) in [6, 6.07) is 0. The van der Waals surface area contributed by atoms with E-state index in [1.165, 1.54) is 0 Å². The molecule has 1 rings (SSSR count). The van der Waals surface area contributed by atoms with Gasteiger partial charge in [-0.3, -0.25) is 0 Å². The molecule has 1 fully saturated rings. The zero-order valence-electron chi connectivity index (χ0n) is 6.42. The molecule has 0 radical (unpaired) electrons. The van der Waals surface area contributed by atoms with Crippen molar-refractivity contribution in [2.24, 2.45) is 0 Å². The summed E-state index contributed by atoms with van der Waals surface area (Å²) in [7, 11) is 2.13. The normalized spacial score (nSPS) is 39.0. The van der Waals surface area contributed by atoms with Crippen LogP contribution in [0.1, 0.15) is 13.8 Å². The van der Waals surface area contributed by atoms with Gasteiger partial charge in [0, 0.05) is 13.1 Å². The quantitative estimate of drug-likeness (QED) is 0.478. The third-order valence-corrected chi connectivity index (χ3v) is 1.60. The molecule has 0 amide bonds. The van der Waals surface area contributed by atoms with Gasteiger partial charge in [0.15, 0.2) is 0 Å². The number of morpholine rings is 1. The first-order valence-corrected chi connectivity index (χ1v) is 3.52. The minimum absolute atomic E-state index is 0.416. The van der Waals surface area contributed by atoms with Crippen LogP contribution in [0.2, 0.25) is 0 Å². The maximum Gasteiger partial charge on any atom is 0.0678 e. The van der Waals surface area contributed by atoms with E-state index in [4.69, 9.17) is 4.74 Å². The predicted octanol–water partition coefficient (Wildman–Crippen LogP) is 0.725. The second-order valence-corrected chi connectivity index (χ2v) is 2.98. The molecule has 0 aliphatic carbocycles. The molecular formula is C7H15NO. The van der Waals surface area contributed by atoms with E-state index in [2.05, 4.69) is 25.8 Å². The van der Waals surface area contributed by atoms with Crippen molar-refractivity contribution < 1.29 is 4.74 Å². The Morgan fingerprint density at radius 3 is 2.00 bits per heavy atom. The molecule has 0 spiro atoms. The van der Waals surface area contributed by atoms with Gasteiger partial charge in [-0.25, -0.2) is 0 Å². The van der Waals surface area contributed by atoms with E-state index in [0.29, 0.717) is 12.2 Å². The van der Waals surface area contributed by atoms with Crippen molar-refractivity contribution in [3.05, 3.63) is 0 Å². The molecule has 2 heteroatoms. The summed E-state index contributed by atoms with van der Waals surface area (Å²) in [6.45, 7) is 6.38. The molecule has 1 aliphatic rings. The van der Waals surface area contributed by atoms with E-state index >= 15 is 0 Å². The topological polar surface area (TPSA) is 12.5 Å². The smallest absolute Gasteiger partial charge is 0.0678 e. The second-order valence-electron chi connectivity index (χ2n) is 2.98. The van der Waals surface area contributed by atoms with Crippen molar-refractivity contribution in [1.82, 2.24) is 4.90 Å². The van der Waals surface area contributed by atoms with Gasteiger partial charge in [0.05, 0.1) is 12.2 Å². The predicted molar refractivity (Wildman–Crippen MR) is 37.5 cm³/mol. The first kappa shape index (κ1) is 7.03. The van der Waals surface area contributed by atoms with Crippen LogP contribution in [-0.4, -0.2) is 37.2 Å². The maximum atomic E-state index is 5.51. The summed E-state index contributed by atoms with van der Waals surface area (Å²) < 4.78 is 5.51. The molecule has 0 N–H and O–H groups in total. The number of likely N-dealkylation sites (N-methyl/N-ethyl adjacent to an activating group) is 1. The van der Waals surface area contributed by atoms with Gasteiger partial charge in [0.2, 0.25) is 0 Å². The van der Waals surface area contributed by atoms with Gasteiger partial charge in [-0.15, -0.1) is 0 Å². The molecule has 0 unspecified atom stereocenters. The average Bonchev–Trinajstić information content (AvgIpc) is 1.59. The molecule has 1 heterocycles. The minimum atomic E-state index is 0.416. The van der Waals surface area contributed by atoms with Crippen LogP contribution in [0.25, 0.3) is 0 Å². The Morgan fingerprint density at radius 2 is 1.67 bits per heavy atom. The van der Waals surface area contributed by atoms with Crippen LogP contribution < -0.4 is 0 Å². The van der Waals surface area contributed by atoms with Crippen LogP contribution in [0.4, 0.5) is 0 Å². The van der Waals surface area contributed by atoms with Gasteiger partial charge in [0.25, 0.3) is 0 Å². The fraction of sp³-hybridized carbons (Fsp3) is 1.00. The standard InChI is InChI=1S/C7H15NO/c1-6-4-8(3)5-7(2)9-6/h6-7H,4-5H2,1-3H3/t6-,7+. The Morgan fingerprint density at radius 1 is 1.22 bits per heavy atom. The van der Waals surface area contributed by atoms with Crippen LogP contribution in [0.5, 0.6) is 0 Å². The van der Waals surface area contributed by atoms with Crippen LogP contribution in [-0.2, 0) is 4.74 Å². The third-order valence-electron chi connectivity index (χ3n) is 1.60. The molecule has 0 bridgehead atoms. The molecule has 0 aromatic heterocycles. The lowest BCUT2D eigenvalue weighted by molar-refractivity contribution is -0.0602. The average molecular weight is 129 g/mol. The highest BCUT2D eigenvalue weighted by Gasteiger charge is 2.18. The Bertz CT molecular complexity index is 69.9. The summed E-state index contributed by atoms with van der Waals surface area (Å²) >= 11 is 0. The Hall–Kier alpha value is -0.0800. The SMILES string of the molecule is C[C@@H]1CN(C)C[C@H](C)O1.